The van der Waals surface area contributed by atoms with Crippen molar-refractivity contribution in [2.45, 2.75) is 26.8 Å². The maximum absolute atomic E-state index is 14.0. The average Bonchev–Trinajstić information content (AvgIpc) is 3.29. The second-order valence-electron chi connectivity index (χ2n) is 9.22. The molecule has 0 amide bonds. The number of fused-ring (bicyclic) bond motifs is 1. The molecule has 1 atom stereocenters. The molecule has 0 fully saturated rings. The van der Waals surface area contributed by atoms with Crippen LogP contribution in [0.5, 0.6) is 17.2 Å². The molecule has 0 unspecified atom stereocenters. The van der Waals surface area contributed by atoms with E-state index in [0.717, 1.165) is 11.3 Å². The van der Waals surface area contributed by atoms with Crippen LogP contribution in [-0.2, 0) is 19.1 Å². The summed E-state index contributed by atoms with van der Waals surface area (Å²) in [5.41, 5.74) is 1.32. The van der Waals surface area contributed by atoms with Crippen LogP contribution >= 0.6 is 34.5 Å². The van der Waals surface area contributed by atoms with Crippen molar-refractivity contribution in [3.63, 3.8) is 0 Å². The highest BCUT2D eigenvalue weighted by molar-refractivity contribution is 7.07. The normalized spacial score (nSPS) is 14.4. The third-order valence-corrected chi connectivity index (χ3v) is 7.88. The molecule has 0 radical (unpaired) electrons. The minimum Gasteiger partial charge on any atom is -0.490 e. The molecular formula is C31H30Cl2N2O8S. The number of rotatable bonds is 12. The van der Waals surface area contributed by atoms with Crippen LogP contribution in [0.25, 0.3) is 6.08 Å². The summed E-state index contributed by atoms with van der Waals surface area (Å²) in [6, 6.07) is 7.34. The topological polar surface area (TPSA) is 115 Å². The number of carbonyl (C=O) groups is 2. The Kier molecular flexibility index (Phi) is 10.9. The zero-order valence-corrected chi connectivity index (χ0v) is 26.8. The SMILES string of the molecule is C=CCOc1c(Cl)cc(/C=c2\sc3n(c2=O)[C@H](c2ccc(OCC(=O)OC)c(OCC)c2)C(C(=O)OCC)=C(C)N=3)cc1Cl. The molecule has 13 heteroatoms. The minimum absolute atomic E-state index is 0.130. The van der Waals surface area contributed by atoms with E-state index in [9.17, 15) is 14.4 Å². The number of halogens is 2. The summed E-state index contributed by atoms with van der Waals surface area (Å²) < 4.78 is 28.8. The van der Waals surface area contributed by atoms with Crippen molar-refractivity contribution in [3.05, 3.63) is 95.1 Å². The van der Waals surface area contributed by atoms with Gasteiger partial charge in [0.2, 0.25) is 0 Å². The summed E-state index contributed by atoms with van der Waals surface area (Å²) in [7, 11) is 1.26. The Morgan fingerprint density at radius 3 is 2.43 bits per heavy atom. The van der Waals surface area contributed by atoms with Crippen LogP contribution in [0.1, 0.15) is 37.9 Å². The number of ether oxygens (including phenoxy) is 5. The van der Waals surface area contributed by atoms with Gasteiger partial charge in [-0.2, -0.15) is 0 Å². The standard InChI is InChI=1S/C31H30Cl2N2O8S/c1-6-11-42-28-20(32)12-18(13-21(28)33)14-24-29(37)35-27(26(30(38)41-8-3)17(4)34-31(35)44-24)19-9-10-22(23(15-19)40-7-2)43-16-25(36)39-5/h6,9-10,12-15,27H,1,7-8,11,16H2,2-5H3/b24-14-/t27-/m1/s1. The zero-order chi connectivity index (χ0) is 32.0. The molecule has 0 saturated heterocycles. The molecule has 2 aromatic carbocycles. The lowest BCUT2D eigenvalue weighted by Crippen LogP contribution is -2.40. The maximum atomic E-state index is 14.0. The van der Waals surface area contributed by atoms with Crippen molar-refractivity contribution in [2.75, 3.05) is 33.5 Å². The number of thiazole rings is 1. The number of esters is 2. The van der Waals surface area contributed by atoms with Gasteiger partial charge in [0.15, 0.2) is 28.7 Å². The molecule has 1 aliphatic rings. The number of allylic oxidation sites excluding steroid dienone is 1. The van der Waals surface area contributed by atoms with Crippen molar-refractivity contribution in [3.8, 4) is 17.2 Å². The smallest absolute Gasteiger partial charge is 0.343 e. The van der Waals surface area contributed by atoms with Gasteiger partial charge in [-0.05, 0) is 62.2 Å². The highest BCUT2D eigenvalue weighted by atomic mass is 35.5. The molecule has 4 rings (SSSR count). The van der Waals surface area contributed by atoms with Crippen LogP contribution in [0.3, 0.4) is 0 Å². The van der Waals surface area contributed by atoms with Crippen LogP contribution in [0.4, 0.5) is 0 Å². The Bertz CT molecular complexity index is 1790. The van der Waals surface area contributed by atoms with Gasteiger partial charge in [-0.1, -0.05) is 53.3 Å². The van der Waals surface area contributed by atoms with Crippen LogP contribution in [-0.4, -0.2) is 50.0 Å². The Morgan fingerprint density at radius 1 is 1.07 bits per heavy atom. The minimum atomic E-state index is -0.900. The van der Waals surface area contributed by atoms with Crippen molar-refractivity contribution in [2.24, 2.45) is 4.99 Å². The van der Waals surface area contributed by atoms with Gasteiger partial charge in [-0.3, -0.25) is 9.36 Å². The van der Waals surface area contributed by atoms with E-state index in [4.69, 9.17) is 42.1 Å². The van der Waals surface area contributed by atoms with Gasteiger partial charge in [-0.25, -0.2) is 14.6 Å². The predicted octanol–water partition coefficient (Wildman–Crippen LogP) is 4.62. The van der Waals surface area contributed by atoms with E-state index in [2.05, 4.69) is 16.3 Å². The summed E-state index contributed by atoms with van der Waals surface area (Å²) in [4.78, 5) is 43.9. The van der Waals surface area contributed by atoms with Crippen LogP contribution in [0.2, 0.25) is 10.0 Å². The molecule has 0 saturated carbocycles. The van der Waals surface area contributed by atoms with Gasteiger partial charge >= 0.3 is 11.9 Å². The lowest BCUT2D eigenvalue weighted by molar-refractivity contribution is -0.143. The molecule has 0 spiro atoms. The first-order valence-electron chi connectivity index (χ1n) is 13.5. The van der Waals surface area contributed by atoms with Gasteiger partial charge in [0.25, 0.3) is 5.56 Å². The van der Waals surface area contributed by atoms with E-state index < -0.39 is 23.5 Å². The number of nitrogens with zero attached hydrogens (tertiary/aromatic N) is 2. The van der Waals surface area contributed by atoms with Gasteiger partial charge in [0.1, 0.15) is 6.61 Å². The second kappa shape index (κ2) is 14.6. The van der Waals surface area contributed by atoms with Crippen molar-refractivity contribution in [1.29, 1.82) is 0 Å². The number of methoxy groups -OCH3 is 1. The van der Waals surface area contributed by atoms with Crippen LogP contribution in [0.15, 0.2) is 64.0 Å². The van der Waals surface area contributed by atoms with Crippen molar-refractivity contribution in [1.82, 2.24) is 4.57 Å². The molecule has 2 heterocycles. The van der Waals surface area contributed by atoms with Gasteiger partial charge in [-0.15, -0.1) is 0 Å². The highest BCUT2D eigenvalue weighted by Gasteiger charge is 2.34. The zero-order valence-electron chi connectivity index (χ0n) is 24.5. The van der Waals surface area contributed by atoms with Gasteiger partial charge < -0.3 is 23.7 Å². The third-order valence-electron chi connectivity index (χ3n) is 6.34. The summed E-state index contributed by atoms with van der Waals surface area (Å²) in [5, 5.41) is 0.546. The Morgan fingerprint density at radius 2 is 1.80 bits per heavy atom. The molecule has 0 aliphatic carbocycles. The number of benzene rings is 2. The summed E-state index contributed by atoms with van der Waals surface area (Å²) >= 11 is 14.0. The quantitative estimate of drug-likeness (QED) is 0.204. The molecule has 232 valence electrons. The van der Waals surface area contributed by atoms with Crippen molar-refractivity contribution >= 4 is 52.6 Å². The largest absolute Gasteiger partial charge is 0.490 e. The van der Waals surface area contributed by atoms with E-state index in [-0.39, 0.29) is 35.4 Å². The highest BCUT2D eigenvalue weighted by Crippen LogP contribution is 2.37. The maximum Gasteiger partial charge on any atom is 0.343 e. The fourth-order valence-electron chi connectivity index (χ4n) is 4.48. The van der Waals surface area contributed by atoms with Crippen LogP contribution < -0.4 is 29.1 Å². The predicted molar refractivity (Wildman–Crippen MR) is 168 cm³/mol. The third kappa shape index (κ3) is 7.01. The Labute approximate surface area is 267 Å². The van der Waals surface area contributed by atoms with Gasteiger partial charge in [0, 0.05) is 0 Å². The number of hydrogen-bond acceptors (Lipinski definition) is 10. The first-order chi connectivity index (χ1) is 21.1. The Balaban J connectivity index is 1.88. The summed E-state index contributed by atoms with van der Waals surface area (Å²) in [5.74, 6) is -0.248. The molecule has 1 aromatic heterocycles. The molecule has 0 bridgehead atoms. The monoisotopic (exact) mass is 660 g/mol. The second-order valence-corrected chi connectivity index (χ2v) is 11.0. The Hall–Kier alpha value is -4.06. The van der Waals surface area contributed by atoms with E-state index >= 15 is 0 Å². The number of hydrogen-bond donors (Lipinski definition) is 0. The lowest BCUT2D eigenvalue weighted by Gasteiger charge is -2.25. The molecular weight excluding hydrogens is 631 g/mol. The van der Waals surface area contributed by atoms with Crippen molar-refractivity contribution < 1.29 is 33.3 Å². The number of carbonyl (C=O) groups excluding carboxylic acids is 2. The molecule has 3 aromatic rings. The van der Waals surface area contributed by atoms with E-state index in [1.165, 1.54) is 11.7 Å². The van der Waals surface area contributed by atoms with Gasteiger partial charge in [0.05, 0.1) is 52.2 Å². The average molecular weight is 662 g/mol. The van der Waals surface area contributed by atoms with Crippen LogP contribution in [0, 0.1) is 0 Å². The molecule has 10 nitrogen and oxygen atoms in total. The molecule has 0 N–H and O–H groups in total. The molecule has 1 aliphatic heterocycles. The first-order valence-corrected chi connectivity index (χ1v) is 15.1. The number of aromatic nitrogens is 1. The van der Waals surface area contributed by atoms with E-state index in [1.807, 2.05) is 0 Å². The fourth-order valence-corrected chi connectivity index (χ4v) is 6.14. The van der Waals surface area contributed by atoms with E-state index in [0.29, 0.717) is 50.0 Å². The first kappa shape index (κ1) is 32.8. The van der Waals surface area contributed by atoms with E-state index in [1.54, 1.807) is 63.3 Å². The lowest BCUT2D eigenvalue weighted by atomic mass is 9.95. The summed E-state index contributed by atoms with van der Waals surface area (Å²) in [6.07, 6.45) is 3.22. The fraction of sp³-hybridized carbons (Fsp3) is 0.290. The summed E-state index contributed by atoms with van der Waals surface area (Å²) in [6.45, 7) is 9.13. The molecule has 44 heavy (non-hydrogen) atoms.